The van der Waals surface area contributed by atoms with Crippen LogP contribution < -0.4 is 5.32 Å². The summed E-state index contributed by atoms with van der Waals surface area (Å²) < 4.78 is 12.8. The number of nitrogens with one attached hydrogen (secondary N) is 1. The molecule has 2 fully saturated rings. The van der Waals surface area contributed by atoms with Crippen molar-refractivity contribution >= 4 is 17.8 Å². The molecule has 1 aromatic carbocycles. The molecule has 216 valence electrons. The number of hydrogen-bond acceptors (Lipinski definition) is 6. The van der Waals surface area contributed by atoms with Crippen molar-refractivity contribution in [3.05, 3.63) is 51.8 Å². The van der Waals surface area contributed by atoms with Crippen molar-refractivity contribution in [2.45, 2.75) is 59.4 Å². The Balaban J connectivity index is 1.44. The third kappa shape index (κ3) is 5.78. The van der Waals surface area contributed by atoms with Gasteiger partial charge in [-0.05, 0) is 73.6 Å². The van der Waals surface area contributed by atoms with Gasteiger partial charge in [0, 0.05) is 50.5 Å². The van der Waals surface area contributed by atoms with E-state index in [0.717, 1.165) is 30.5 Å². The topological polar surface area (TPSA) is 123 Å². The smallest absolute Gasteiger partial charge is 0.335 e. The van der Waals surface area contributed by atoms with E-state index in [9.17, 15) is 19.5 Å². The van der Waals surface area contributed by atoms with Crippen molar-refractivity contribution in [1.29, 1.82) is 0 Å². The van der Waals surface area contributed by atoms with Crippen molar-refractivity contribution in [2.24, 2.45) is 10.8 Å². The number of carboxylic acid groups (broad SMARTS) is 1. The normalized spacial score (nSPS) is 19.2. The zero-order valence-corrected chi connectivity index (χ0v) is 23.8. The first-order chi connectivity index (χ1) is 19.1. The van der Waals surface area contributed by atoms with Crippen LogP contribution in [0.5, 0.6) is 0 Å². The summed E-state index contributed by atoms with van der Waals surface area (Å²) >= 11 is 0. The van der Waals surface area contributed by atoms with Gasteiger partial charge in [0.2, 0.25) is 0 Å². The molecule has 0 aliphatic carbocycles. The third-order valence-corrected chi connectivity index (χ3v) is 8.57. The summed E-state index contributed by atoms with van der Waals surface area (Å²) in [5, 5.41) is 18.0. The van der Waals surface area contributed by atoms with Gasteiger partial charge >= 0.3 is 5.97 Å². The highest BCUT2D eigenvalue weighted by atomic mass is 16.5. The number of aromatic carboxylic acids is 1. The summed E-state index contributed by atoms with van der Waals surface area (Å²) in [6.45, 7) is 10.8. The molecule has 2 saturated heterocycles. The molecule has 1 spiro atoms. The maximum Gasteiger partial charge on any atom is 0.335 e. The highest BCUT2D eigenvalue weighted by Gasteiger charge is 2.40. The molecule has 0 bridgehead atoms. The van der Waals surface area contributed by atoms with Crippen LogP contribution in [-0.4, -0.2) is 83.6 Å². The van der Waals surface area contributed by atoms with E-state index in [1.54, 1.807) is 27.8 Å². The van der Waals surface area contributed by atoms with Crippen molar-refractivity contribution in [1.82, 2.24) is 20.0 Å². The van der Waals surface area contributed by atoms with Gasteiger partial charge in [-0.3, -0.25) is 14.3 Å². The maximum absolute atomic E-state index is 13.2. The van der Waals surface area contributed by atoms with Gasteiger partial charge < -0.3 is 24.8 Å². The second-order valence-electron chi connectivity index (χ2n) is 12.2. The van der Waals surface area contributed by atoms with Crippen LogP contribution in [-0.2, 0) is 35.3 Å². The summed E-state index contributed by atoms with van der Waals surface area (Å²) in [6, 6.07) is 4.88. The van der Waals surface area contributed by atoms with E-state index in [4.69, 9.17) is 14.6 Å². The SMILES string of the molecule is CCn1nc(CC(C)(C)Cc2cc(C(=O)N3CCOCC3)ccc2C(=O)O)c2c1C(=O)NCC1(CCOCC1)C2. The number of benzene rings is 1. The number of amides is 2. The van der Waals surface area contributed by atoms with Crippen LogP contribution in [0.25, 0.3) is 0 Å². The second kappa shape index (κ2) is 11.3. The monoisotopic (exact) mass is 552 g/mol. The fourth-order valence-corrected chi connectivity index (χ4v) is 6.37. The van der Waals surface area contributed by atoms with Crippen molar-refractivity contribution < 1.29 is 29.0 Å². The molecular weight excluding hydrogens is 512 g/mol. The molecule has 0 saturated carbocycles. The molecule has 1 aromatic heterocycles. The number of aromatic nitrogens is 2. The molecule has 40 heavy (non-hydrogen) atoms. The predicted octanol–water partition coefficient (Wildman–Crippen LogP) is 2.97. The molecule has 3 aliphatic heterocycles. The van der Waals surface area contributed by atoms with E-state index < -0.39 is 11.4 Å². The molecule has 10 heteroatoms. The lowest BCUT2D eigenvalue weighted by atomic mass is 9.74. The third-order valence-electron chi connectivity index (χ3n) is 8.57. The summed E-state index contributed by atoms with van der Waals surface area (Å²) in [6.07, 6.45) is 3.55. The van der Waals surface area contributed by atoms with Gasteiger partial charge in [0.25, 0.3) is 11.8 Å². The number of hydrogen-bond donors (Lipinski definition) is 2. The quantitative estimate of drug-likeness (QED) is 0.541. The first kappa shape index (κ1) is 28.3. The molecule has 0 radical (unpaired) electrons. The molecule has 2 aromatic rings. The molecule has 4 heterocycles. The molecule has 0 unspecified atom stereocenters. The summed E-state index contributed by atoms with van der Waals surface area (Å²) in [4.78, 5) is 40.3. The van der Waals surface area contributed by atoms with Crippen LogP contribution in [0.3, 0.4) is 0 Å². The first-order valence-corrected chi connectivity index (χ1v) is 14.3. The van der Waals surface area contributed by atoms with Gasteiger partial charge in [0.05, 0.1) is 24.5 Å². The Hall–Kier alpha value is -3.24. The molecule has 10 nitrogen and oxygen atoms in total. The number of fused-ring (bicyclic) bond motifs is 1. The minimum absolute atomic E-state index is 0.0513. The van der Waals surface area contributed by atoms with Crippen LogP contribution in [0.2, 0.25) is 0 Å². The van der Waals surface area contributed by atoms with E-state index in [1.807, 2.05) is 6.92 Å². The Kier molecular flexibility index (Phi) is 8.01. The summed E-state index contributed by atoms with van der Waals surface area (Å²) in [5.74, 6) is -1.21. The van der Waals surface area contributed by atoms with E-state index in [1.165, 1.54) is 0 Å². The Bertz CT molecular complexity index is 1290. The Labute approximate surface area is 235 Å². The molecule has 3 aliphatic rings. The van der Waals surface area contributed by atoms with Crippen LogP contribution >= 0.6 is 0 Å². The van der Waals surface area contributed by atoms with Crippen LogP contribution in [0, 0.1) is 10.8 Å². The van der Waals surface area contributed by atoms with Crippen LogP contribution in [0.1, 0.15) is 81.6 Å². The number of aryl methyl sites for hydroxylation is 1. The summed E-state index contributed by atoms with van der Waals surface area (Å²) in [5.41, 5.74) is 3.40. The van der Waals surface area contributed by atoms with Crippen molar-refractivity contribution in [3.63, 3.8) is 0 Å². The number of carbonyl (C=O) groups is 3. The van der Waals surface area contributed by atoms with Crippen LogP contribution in [0.4, 0.5) is 0 Å². The van der Waals surface area contributed by atoms with Crippen LogP contribution in [0.15, 0.2) is 18.2 Å². The number of carboxylic acids is 1. The van der Waals surface area contributed by atoms with Crippen molar-refractivity contribution in [3.8, 4) is 0 Å². The largest absolute Gasteiger partial charge is 0.478 e. The fraction of sp³-hybridized carbons (Fsp3) is 0.600. The Morgan fingerprint density at radius 2 is 1.80 bits per heavy atom. The van der Waals surface area contributed by atoms with Crippen molar-refractivity contribution in [2.75, 3.05) is 46.1 Å². The van der Waals surface area contributed by atoms with Gasteiger partial charge in [-0.1, -0.05) is 13.8 Å². The van der Waals surface area contributed by atoms with E-state index in [0.29, 0.717) is 82.3 Å². The minimum Gasteiger partial charge on any atom is -0.478 e. The van der Waals surface area contributed by atoms with Gasteiger partial charge in [-0.2, -0.15) is 5.10 Å². The van der Waals surface area contributed by atoms with E-state index >= 15 is 0 Å². The molecule has 0 atom stereocenters. The van der Waals surface area contributed by atoms with Gasteiger partial charge in [0.15, 0.2) is 0 Å². The summed E-state index contributed by atoms with van der Waals surface area (Å²) in [7, 11) is 0. The highest BCUT2D eigenvalue weighted by Crippen LogP contribution is 2.39. The van der Waals surface area contributed by atoms with Gasteiger partial charge in [0.1, 0.15) is 5.69 Å². The number of carbonyl (C=O) groups excluding carboxylic acids is 2. The predicted molar refractivity (Wildman–Crippen MR) is 148 cm³/mol. The number of rotatable bonds is 7. The Morgan fingerprint density at radius 1 is 1.10 bits per heavy atom. The highest BCUT2D eigenvalue weighted by molar-refractivity contribution is 5.97. The average Bonchev–Trinajstić information content (AvgIpc) is 3.20. The standard InChI is InChI=1S/C30H40N4O6/c1-4-34-25-23(17-30(19-31-26(25)35)7-11-39-12-8-30)24(32-34)18-29(2,3)16-21-15-20(5-6-22(21)28(37)38)27(36)33-9-13-40-14-10-33/h5-6,15H,4,7-14,16-19H2,1-3H3,(H,31,35)(H,37,38). The van der Waals surface area contributed by atoms with E-state index in [2.05, 4.69) is 19.2 Å². The lowest BCUT2D eigenvalue weighted by Gasteiger charge is -2.36. The van der Waals surface area contributed by atoms with Gasteiger partial charge in [-0.25, -0.2) is 4.79 Å². The number of nitrogens with zero attached hydrogens (tertiary/aromatic N) is 3. The molecular formula is C30H40N4O6. The van der Waals surface area contributed by atoms with Gasteiger partial charge in [-0.15, -0.1) is 0 Å². The van der Waals surface area contributed by atoms with E-state index in [-0.39, 0.29) is 22.8 Å². The zero-order valence-electron chi connectivity index (χ0n) is 23.8. The Morgan fingerprint density at radius 3 is 2.48 bits per heavy atom. The maximum atomic E-state index is 13.2. The first-order valence-electron chi connectivity index (χ1n) is 14.3. The lowest BCUT2D eigenvalue weighted by Crippen LogP contribution is -2.41. The molecule has 2 N–H and O–H groups in total. The molecule has 5 rings (SSSR count). The number of morpholine rings is 1. The number of ether oxygens (including phenoxy) is 2. The lowest BCUT2D eigenvalue weighted by molar-refractivity contribution is 0.0160. The zero-order chi connectivity index (χ0) is 28.5. The second-order valence-corrected chi connectivity index (χ2v) is 12.2. The fourth-order valence-electron chi connectivity index (χ4n) is 6.37. The molecule has 2 amide bonds. The average molecular weight is 553 g/mol. The minimum atomic E-state index is -1.02.